The van der Waals surface area contributed by atoms with Crippen molar-refractivity contribution in [3.8, 4) is 0 Å². The Morgan fingerprint density at radius 2 is 1.94 bits per heavy atom. The molecule has 3 nitrogen and oxygen atoms in total. The third-order valence-corrected chi connectivity index (χ3v) is 3.32. The fourth-order valence-corrected chi connectivity index (χ4v) is 2.62. The molecule has 1 aromatic rings. The normalized spacial score (nSPS) is 29.1. The summed E-state index contributed by atoms with van der Waals surface area (Å²) >= 11 is 5.85. The van der Waals surface area contributed by atoms with Crippen LogP contribution in [0.3, 0.4) is 0 Å². The van der Waals surface area contributed by atoms with Crippen LogP contribution in [0.4, 0.5) is 5.69 Å². The lowest BCUT2D eigenvalue weighted by Crippen LogP contribution is -2.37. The molecule has 2 atom stereocenters. The van der Waals surface area contributed by atoms with Crippen LogP contribution in [-0.4, -0.2) is 23.2 Å². The Morgan fingerprint density at radius 1 is 1.29 bits per heavy atom. The van der Waals surface area contributed by atoms with Gasteiger partial charge < -0.3 is 10.1 Å². The first-order valence-electron chi connectivity index (χ1n) is 6.09. The second-order valence-corrected chi connectivity index (χ2v) is 5.22. The number of nitrogens with zero attached hydrogens (tertiary/aromatic N) is 1. The highest BCUT2D eigenvalue weighted by molar-refractivity contribution is 6.29. The maximum atomic E-state index is 5.85. The molecule has 17 heavy (non-hydrogen) atoms. The largest absolute Gasteiger partial charge is 0.381 e. The van der Waals surface area contributed by atoms with Crippen LogP contribution in [0.5, 0.6) is 0 Å². The van der Waals surface area contributed by atoms with Crippen molar-refractivity contribution in [2.45, 2.75) is 51.9 Å². The van der Waals surface area contributed by atoms with Gasteiger partial charge in [-0.1, -0.05) is 11.6 Å². The Hall–Kier alpha value is -0.800. The summed E-state index contributed by atoms with van der Waals surface area (Å²) in [5, 5.41) is 4.08. The van der Waals surface area contributed by atoms with Gasteiger partial charge in [-0.15, -0.1) is 0 Å². The molecule has 2 heterocycles. The zero-order chi connectivity index (χ0) is 12.4. The summed E-state index contributed by atoms with van der Waals surface area (Å²) in [6, 6.07) is 4.27. The van der Waals surface area contributed by atoms with Crippen molar-refractivity contribution in [2.24, 2.45) is 0 Å². The summed E-state index contributed by atoms with van der Waals surface area (Å²) < 4.78 is 5.73. The van der Waals surface area contributed by atoms with E-state index in [4.69, 9.17) is 16.3 Å². The molecule has 1 aliphatic rings. The zero-order valence-electron chi connectivity index (χ0n) is 10.5. The number of aromatic nitrogens is 1. The van der Waals surface area contributed by atoms with Crippen molar-refractivity contribution in [1.29, 1.82) is 0 Å². The standard InChI is InChI=1S/C13H19ClN2O/c1-8-6-11(7-9(2)17-8)16-12-4-5-13(14)15-10(12)3/h4-5,8-9,11,16H,6-7H2,1-3H3. The lowest BCUT2D eigenvalue weighted by Gasteiger charge is -2.33. The van der Waals surface area contributed by atoms with Crippen LogP contribution in [0.25, 0.3) is 0 Å². The average molecular weight is 255 g/mol. The van der Waals surface area contributed by atoms with E-state index < -0.39 is 0 Å². The zero-order valence-corrected chi connectivity index (χ0v) is 11.3. The van der Waals surface area contributed by atoms with Gasteiger partial charge in [0.05, 0.1) is 23.6 Å². The molecule has 0 saturated carbocycles. The molecule has 0 aromatic carbocycles. The van der Waals surface area contributed by atoms with Gasteiger partial charge >= 0.3 is 0 Å². The number of anilines is 1. The maximum absolute atomic E-state index is 5.85. The van der Waals surface area contributed by atoms with Crippen molar-refractivity contribution in [3.63, 3.8) is 0 Å². The van der Waals surface area contributed by atoms with Crippen LogP contribution in [0.1, 0.15) is 32.4 Å². The van der Waals surface area contributed by atoms with E-state index in [9.17, 15) is 0 Å². The minimum Gasteiger partial charge on any atom is -0.381 e. The van der Waals surface area contributed by atoms with Gasteiger partial charge in [-0.3, -0.25) is 0 Å². The Balaban J connectivity index is 2.04. The molecule has 0 spiro atoms. The average Bonchev–Trinajstić information content (AvgIpc) is 2.21. The Bertz CT molecular complexity index is 387. The van der Waals surface area contributed by atoms with Gasteiger partial charge in [-0.05, 0) is 45.7 Å². The molecule has 0 radical (unpaired) electrons. The van der Waals surface area contributed by atoms with Gasteiger partial charge in [0.1, 0.15) is 5.15 Å². The van der Waals surface area contributed by atoms with E-state index in [1.54, 1.807) is 0 Å². The lowest BCUT2D eigenvalue weighted by atomic mass is 9.99. The Labute approximate surface area is 108 Å². The van der Waals surface area contributed by atoms with Crippen molar-refractivity contribution < 1.29 is 4.74 Å². The molecular weight excluding hydrogens is 236 g/mol. The van der Waals surface area contributed by atoms with Gasteiger partial charge in [-0.2, -0.15) is 0 Å². The van der Waals surface area contributed by atoms with Crippen LogP contribution < -0.4 is 5.32 Å². The molecule has 4 heteroatoms. The molecule has 0 aliphatic carbocycles. The first-order chi connectivity index (χ1) is 8.04. The molecule has 1 N–H and O–H groups in total. The van der Waals surface area contributed by atoms with Crippen molar-refractivity contribution in [1.82, 2.24) is 4.98 Å². The Morgan fingerprint density at radius 3 is 2.53 bits per heavy atom. The first-order valence-corrected chi connectivity index (χ1v) is 6.47. The molecular formula is C13H19ClN2O. The molecule has 2 rings (SSSR count). The highest BCUT2D eigenvalue weighted by Crippen LogP contribution is 2.24. The minimum absolute atomic E-state index is 0.316. The second-order valence-electron chi connectivity index (χ2n) is 4.84. The van der Waals surface area contributed by atoms with Crippen LogP contribution >= 0.6 is 11.6 Å². The first kappa shape index (κ1) is 12.7. The minimum atomic E-state index is 0.316. The van der Waals surface area contributed by atoms with E-state index >= 15 is 0 Å². The summed E-state index contributed by atoms with van der Waals surface area (Å²) in [5.74, 6) is 0. The molecule has 0 amide bonds. The molecule has 1 aromatic heterocycles. The fourth-order valence-electron chi connectivity index (χ4n) is 2.43. The topological polar surface area (TPSA) is 34.2 Å². The molecule has 1 aliphatic heterocycles. The lowest BCUT2D eigenvalue weighted by molar-refractivity contribution is -0.0337. The summed E-state index contributed by atoms with van der Waals surface area (Å²) in [6.45, 7) is 6.22. The SMILES string of the molecule is Cc1nc(Cl)ccc1NC1CC(C)OC(C)C1. The van der Waals surface area contributed by atoms with Crippen LogP contribution in [-0.2, 0) is 4.74 Å². The Kier molecular flexibility index (Phi) is 3.89. The predicted octanol–water partition coefficient (Wildman–Crippen LogP) is 3.41. The molecule has 2 unspecified atom stereocenters. The third-order valence-electron chi connectivity index (χ3n) is 3.11. The van der Waals surface area contributed by atoms with Gasteiger partial charge in [0.25, 0.3) is 0 Å². The smallest absolute Gasteiger partial charge is 0.129 e. The highest BCUT2D eigenvalue weighted by atomic mass is 35.5. The van der Waals surface area contributed by atoms with Crippen LogP contribution in [0, 0.1) is 6.92 Å². The number of nitrogens with one attached hydrogen (secondary N) is 1. The van der Waals surface area contributed by atoms with Crippen molar-refractivity contribution in [2.75, 3.05) is 5.32 Å². The number of hydrogen-bond donors (Lipinski definition) is 1. The van der Waals surface area contributed by atoms with E-state index in [1.807, 2.05) is 19.1 Å². The quantitative estimate of drug-likeness (QED) is 0.822. The number of ether oxygens (including phenoxy) is 1. The maximum Gasteiger partial charge on any atom is 0.129 e. The molecule has 1 fully saturated rings. The molecule has 0 bridgehead atoms. The summed E-state index contributed by atoms with van der Waals surface area (Å²) in [5.41, 5.74) is 2.02. The fraction of sp³-hybridized carbons (Fsp3) is 0.615. The monoisotopic (exact) mass is 254 g/mol. The van der Waals surface area contributed by atoms with Crippen LogP contribution in [0.2, 0.25) is 5.15 Å². The van der Waals surface area contributed by atoms with Crippen molar-refractivity contribution >= 4 is 17.3 Å². The second kappa shape index (κ2) is 5.23. The number of halogens is 1. The number of rotatable bonds is 2. The summed E-state index contributed by atoms with van der Waals surface area (Å²) in [4.78, 5) is 4.25. The number of hydrogen-bond acceptors (Lipinski definition) is 3. The predicted molar refractivity (Wildman–Crippen MR) is 70.6 cm³/mol. The highest BCUT2D eigenvalue weighted by Gasteiger charge is 2.24. The van der Waals surface area contributed by atoms with Gasteiger partial charge in [0.2, 0.25) is 0 Å². The van der Waals surface area contributed by atoms with E-state index in [-0.39, 0.29) is 0 Å². The number of aryl methyl sites for hydroxylation is 1. The van der Waals surface area contributed by atoms with Gasteiger partial charge in [0.15, 0.2) is 0 Å². The van der Waals surface area contributed by atoms with E-state index in [0.717, 1.165) is 24.2 Å². The summed E-state index contributed by atoms with van der Waals surface area (Å²) in [6.07, 6.45) is 2.70. The van der Waals surface area contributed by atoms with E-state index in [0.29, 0.717) is 23.4 Å². The van der Waals surface area contributed by atoms with E-state index in [1.165, 1.54) is 0 Å². The van der Waals surface area contributed by atoms with Crippen molar-refractivity contribution in [3.05, 3.63) is 23.0 Å². The number of pyridine rings is 1. The molecule has 94 valence electrons. The molecule has 1 saturated heterocycles. The van der Waals surface area contributed by atoms with Crippen LogP contribution in [0.15, 0.2) is 12.1 Å². The summed E-state index contributed by atoms with van der Waals surface area (Å²) in [7, 11) is 0. The van der Waals surface area contributed by atoms with Gasteiger partial charge in [-0.25, -0.2) is 4.98 Å². The van der Waals surface area contributed by atoms with E-state index in [2.05, 4.69) is 24.1 Å². The van der Waals surface area contributed by atoms with Gasteiger partial charge in [0, 0.05) is 6.04 Å². The third kappa shape index (κ3) is 3.33.